The Balaban J connectivity index is 3.69. The van der Waals surface area contributed by atoms with Gasteiger partial charge in [-0.05, 0) is 32.4 Å². The summed E-state index contributed by atoms with van der Waals surface area (Å²) in [7, 11) is 0. The van der Waals surface area contributed by atoms with Crippen molar-refractivity contribution in [2.75, 3.05) is 6.26 Å². The number of thioether (sulfide) groups is 1. The van der Waals surface area contributed by atoms with Crippen LogP contribution in [0.15, 0.2) is 11.6 Å². The largest absolute Gasteiger partial charge is 0.162 e. The zero-order chi connectivity index (χ0) is 8.85. The van der Waals surface area contributed by atoms with Crippen molar-refractivity contribution in [2.45, 2.75) is 39.4 Å². The fraction of sp³-hybridized carbons (Fsp3) is 0.800. The molecule has 0 fully saturated rings. The van der Waals surface area contributed by atoms with Gasteiger partial charge in [-0.3, -0.25) is 0 Å². The molecule has 0 saturated heterocycles. The van der Waals surface area contributed by atoms with Gasteiger partial charge >= 0.3 is 0 Å². The highest BCUT2D eigenvalue weighted by Gasteiger charge is 2.03. The molecule has 0 aliphatic carbocycles. The maximum atomic E-state index is 2.35. The van der Waals surface area contributed by atoms with Crippen LogP contribution in [0.25, 0.3) is 0 Å². The quantitative estimate of drug-likeness (QED) is 0.582. The van der Waals surface area contributed by atoms with E-state index in [0.29, 0.717) is 0 Å². The van der Waals surface area contributed by atoms with E-state index in [2.05, 4.69) is 40.0 Å². The van der Waals surface area contributed by atoms with Gasteiger partial charge in [0.05, 0.1) is 0 Å². The predicted molar refractivity (Wildman–Crippen MR) is 56.2 cm³/mol. The Bertz CT molecular complexity index is 123. The molecule has 0 aromatic carbocycles. The lowest BCUT2D eigenvalue weighted by atomic mass is 10.0. The average Bonchev–Trinajstić information content (AvgIpc) is 1.85. The summed E-state index contributed by atoms with van der Waals surface area (Å²) in [5, 5.41) is 0.792. The van der Waals surface area contributed by atoms with E-state index < -0.39 is 0 Å². The van der Waals surface area contributed by atoms with Gasteiger partial charge in [-0.1, -0.05) is 25.5 Å². The lowest BCUT2D eigenvalue weighted by Gasteiger charge is -2.11. The van der Waals surface area contributed by atoms with Crippen molar-refractivity contribution in [1.82, 2.24) is 0 Å². The molecule has 11 heavy (non-hydrogen) atoms. The molecular formula is C10H20S. The summed E-state index contributed by atoms with van der Waals surface area (Å²) in [5.74, 6) is 0.738. The second-order valence-corrected chi connectivity index (χ2v) is 4.78. The summed E-state index contributed by atoms with van der Waals surface area (Å²) in [5.41, 5.74) is 1.44. The molecule has 0 aromatic heterocycles. The molecule has 0 amide bonds. The highest BCUT2D eigenvalue weighted by atomic mass is 32.2. The number of rotatable bonds is 4. The van der Waals surface area contributed by atoms with E-state index in [0.717, 1.165) is 11.2 Å². The zero-order valence-corrected chi connectivity index (χ0v) is 9.16. The molecule has 0 aliphatic heterocycles. The Hall–Kier alpha value is 0.0900. The second kappa shape index (κ2) is 5.70. The summed E-state index contributed by atoms with van der Waals surface area (Å²) in [4.78, 5) is 0. The zero-order valence-electron chi connectivity index (χ0n) is 8.35. The van der Waals surface area contributed by atoms with Gasteiger partial charge in [-0.2, -0.15) is 11.8 Å². The molecule has 0 saturated carbocycles. The van der Waals surface area contributed by atoms with Crippen molar-refractivity contribution in [3.05, 3.63) is 11.6 Å². The summed E-state index contributed by atoms with van der Waals surface area (Å²) in [6, 6.07) is 0. The maximum absolute atomic E-state index is 2.35. The molecule has 0 N–H and O–H groups in total. The van der Waals surface area contributed by atoms with Crippen LogP contribution >= 0.6 is 11.8 Å². The van der Waals surface area contributed by atoms with Crippen LogP contribution < -0.4 is 0 Å². The monoisotopic (exact) mass is 172 g/mol. The summed E-state index contributed by atoms with van der Waals surface area (Å²) >= 11 is 1.95. The third-order valence-electron chi connectivity index (χ3n) is 1.72. The van der Waals surface area contributed by atoms with Crippen LogP contribution in [0.5, 0.6) is 0 Å². The van der Waals surface area contributed by atoms with Gasteiger partial charge < -0.3 is 0 Å². The van der Waals surface area contributed by atoms with Crippen LogP contribution in [0.2, 0.25) is 0 Å². The smallest absolute Gasteiger partial charge is 0.00214 e. The Morgan fingerprint density at radius 1 is 1.36 bits per heavy atom. The molecule has 0 heterocycles. The van der Waals surface area contributed by atoms with Crippen molar-refractivity contribution in [3.8, 4) is 0 Å². The van der Waals surface area contributed by atoms with Gasteiger partial charge in [0, 0.05) is 5.25 Å². The number of hydrogen-bond acceptors (Lipinski definition) is 1. The highest BCUT2D eigenvalue weighted by Crippen LogP contribution is 2.17. The second-order valence-electron chi connectivity index (χ2n) is 3.50. The lowest BCUT2D eigenvalue weighted by molar-refractivity contribution is 0.641. The molecule has 66 valence electrons. The van der Waals surface area contributed by atoms with Crippen LogP contribution in [0, 0.1) is 5.92 Å². The molecule has 0 radical (unpaired) electrons. The number of hydrogen-bond donors (Lipinski definition) is 0. The fourth-order valence-corrected chi connectivity index (χ4v) is 1.75. The first-order valence-corrected chi connectivity index (χ1v) is 5.53. The van der Waals surface area contributed by atoms with Gasteiger partial charge in [-0.25, -0.2) is 0 Å². The van der Waals surface area contributed by atoms with E-state index in [-0.39, 0.29) is 0 Å². The lowest BCUT2D eigenvalue weighted by Crippen LogP contribution is -2.01. The first-order chi connectivity index (χ1) is 5.06. The molecule has 2 unspecified atom stereocenters. The van der Waals surface area contributed by atoms with Gasteiger partial charge in [0.1, 0.15) is 0 Å². The normalized spacial score (nSPS) is 15.7. The predicted octanol–water partition coefficient (Wildman–Crippen LogP) is 3.73. The van der Waals surface area contributed by atoms with E-state index in [4.69, 9.17) is 0 Å². The van der Waals surface area contributed by atoms with E-state index in [9.17, 15) is 0 Å². The van der Waals surface area contributed by atoms with Crippen molar-refractivity contribution in [3.63, 3.8) is 0 Å². The molecular weight excluding hydrogens is 152 g/mol. The number of allylic oxidation sites excluding steroid dienone is 2. The highest BCUT2D eigenvalue weighted by molar-refractivity contribution is 7.99. The van der Waals surface area contributed by atoms with Gasteiger partial charge in [0.15, 0.2) is 0 Å². The standard InChI is InChI=1S/C10H20S/c1-8(2)6-9(3)7-10(4)11-5/h6,9-10H,7H2,1-5H3. The minimum Gasteiger partial charge on any atom is -0.162 e. The molecule has 1 heteroatoms. The van der Waals surface area contributed by atoms with Gasteiger partial charge in [0.25, 0.3) is 0 Å². The fourth-order valence-electron chi connectivity index (χ4n) is 1.26. The molecule has 0 nitrogen and oxygen atoms in total. The topological polar surface area (TPSA) is 0 Å². The van der Waals surface area contributed by atoms with Crippen LogP contribution in [-0.2, 0) is 0 Å². The van der Waals surface area contributed by atoms with Gasteiger partial charge in [-0.15, -0.1) is 0 Å². The average molecular weight is 172 g/mol. The first kappa shape index (κ1) is 11.1. The molecule has 0 spiro atoms. The van der Waals surface area contributed by atoms with Crippen LogP contribution in [0.3, 0.4) is 0 Å². The summed E-state index contributed by atoms with van der Waals surface area (Å²) in [6.45, 7) is 8.92. The van der Waals surface area contributed by atoms with E-state index in [1.165, 1.54) is 12.0 Å². The van der Waals surface area contributed by atoms with E-state index >= 15 is 0 Å². The minimum absolute atomic E-state index is 0.738. The summed E-state index contributed by atoms with van der Waals surface area (Å²) in [6.07, 6.45) is 5.83. The molecule has 0 aliphatic rings. The van der Waals surface area contributed by atoms with E-state index in [1.54, 1.807) is 0 Å². The Morgan fingerprint density at radius 3 is 2.27 bits per heavy atom. The molecule has 0 aromatic rings. The summed E-state index contributed by atoms with van der Waals surface area (Å²) < 4.78 is 0. The molecule has 2 atom stereocenters. The SMILES string of the molecule is CSC(C)CC(C)C=C(C)C. The van der Waals surface area contributed by atoms with Crippen molar-refractivity contribution in [2.24, 2.45) is 5.92 Å². The third-order valence-corrected chi connectivity index (χ3v) is 2.72. The Morgan fingerprint density at radius 2 is 1.91 bits per heavy atom. The van der Waals surface area contributed by atoms with E-state index in [1.807, 2.05) is 11.8 Å². The Labute approximate surface area is 75.5 Å². The Kier molecular flexibility index (Phi) is 5.75. The minimum atomic E-state index is 0.738. The molecule has 0 bridgehead atoms. The van der Waals surface area contributed by atoms with Crippen LogP contribution in [0.1, 0.15) is 34.1 Å². The first-order valence-electron chi connectivity index (χ1n) is 4.24. The molecule has 0 rings (SSSR count). The van der Waals surface area contributed by atoms with Crippen LogP contribution in [-0.4, -0.2) is 11.5 Å². The maximum Gasteiger partial charge on any atom is 0.00214 e. The van der Waals surface area contributed by atoms with Gasteiger partial charge in [0.2, 0.25) is 0 Å². The third kappa shape index (κ3) is 6.49. The van der Waals surface area contributed by atoms with Crippen molar-refractivity contribution in [1.29, 1.82) is 0 Å². The van der Waals surface area contributed by atoms with Crippen LogP contribution in [0.4, 0.5) is 0 Å². The van der Waals surface area contributed by atoms with Crippen molar-refractivity contribution >= 4 is 11.8 Å². The van der Waals surface area contributed by atoms with Crippen molar-refractivity contribution < 1.29 is 0 Å².